The first kappa shape index (κ1) is 17.7. The van der Waals surface area contributed by atoms with Gasteiger partial charge in [0, 0.05) is 24.3 Å². The molecular formula is C18H31N3. The Morgan fingerprint density at radius 2 is 2.00 bits per heavy atom. The molecule has 0 aliphatic heterocycles. The van der Waals surface area contributed by atoms with E-state index in [1.807, 2.05) is 6.08 Å². The molecule has 3 heteroatoms. The van der Waals surface area contributed by atoms with Crippen molar-refractivity contribution >= 4 is 5.82 Å². The van der Waals surface area contributed by atoms with Gasteiger partial charge in [-0.05, 0) is 51.4 Å². The summed E-state index contributed by atoms with van der Waals surface area (Å²) in [6, 6.07) is 4.43. The Hall–Kier alpha value is -1.35. The number of rotatable bonds is 8. The molecule has 0 aliphatic carbocycles. The smallest absolute Gasteiger partial charge is 0.129 e. The molecule has 118 valence electrons. The molecule has 0 unspecified atom stereocenters. The molecule has 0 radical (unpaired) electrons. The number of aromatic nitrogens is 1. The van der Waals surface area contributed by atoms with Crippen molar-refractivity contribution in [3.63, 3.8) is 0 Å². The van der Waals surface area contributed by atoms with Gasteiger partial charge in [-0.3, -0.25) is 0 Å². The summed E-state index contributed by atoms with van der Waals surface area (Å²) in [7, 11) is 0. The second kappa shape index (κ2) is 8.18. The minimum absolute atomic E-state index is 0.0292. The van der Waals surface area contributed by atoms with Crippen molar-refractivity contribution < 1.29 is 0 Å². The third kappa shape index (κ3) is 5.50. The number of aryl methyl sites for hydroxylation is 1. The zero-order valence-corrected chi connectivity index (χ0v) is 14.4. The van der Waals surface area contributed by atoms with E-state index in [0.717, 1.165) is 38.3 Å². The summed E-state index contributed by atoms with van der Waals surface area (Å²) < 4.78 is 0. The van der Waals surface area contributed by atoms with Crippen molar-refractivity contribution in [2.24, 2.45) is 0 Å². The fourth-order valence-corrected chi connectivity index (χ4v) is 2.37. The molecule has 0 fully saturated rings. The van der Waals surface area contributed by atoms with Gasteiger partial charge >= 0.3 is 0 Å². The van der Waals surface area contributed by atoms with Crippen LogP contribution in [-0.2, 0) is 13.0 Å². The first-order valence-corrected chi connectivity index (χ1v) is 8.01. The third-order valence-corrected chi connectivity index (χ3v) is 3.41. The van der Waals surface area contributed by atoms with Crippen molar-refractivity contribution in [2.45, 2.75) is 59.5 Å². The third-order valence-electron chi connectivity index (χ3n) is 3.41. The van der Waals surface area contributed by atoms with Crippen LogP contribution in [-0.4, -0.2) is 23.6 Å². The topological polar surface area (TPSA) is 28.2 Å². The van der Waals surface area contributed by atoms with Crippen LogP contribution in [0.25, 0.3) is 0 Å². The van der Waals surface area contributed by atoms with E-state index in [0.29, 0.717) is 0 Å². The van der Waals surface area contributed by atoms with Gasteiger partial charge < -0.3 is 10.2 Å². The SMILES string of the molecule is C=CCN(c1cc(CNCC)cc(CCC)n1)C(C)(C)C. The predicted octanol–water partition coefficient (Wildman–Crippen LogP) is 3.93. The van der Waals surface area contributed by atoms with Crippen LogP contribution in [0.15, 0.2) is 24.8 Å². The molecule has 1 aromatic heterocycles. The fourth-order valence-electron chi connectivity index (χ4n) is 2.37. The molecule has 21 heavy (non-hydrogen) atoms. The summed E-state index contributed by atoms with van der Waals surface area (Å²) in [6.07, 6.45) is 4.09. The van der Waals surface area contributed by atoms with Crippen molar-refractivity contribution in [2.75, 3.05) is 18.0 Å². The molecule has 1 rings (SSSR count). The number of nitrogens with one attached hydrogen (secondary N) is 1. The highest BCUT2D eigenvalue weighted by molar-refractivity contribution is 5.46. The maximum atomic E-state index is 4.87. The van der Waals surface area contributed by atoms with Crippen molar-refractivity contribution in [1.82, 2.24) is 10.3 Å². The Morgan fingerprint density at radius 3 is 2.52 bits per heavy atom. The monoisotopic (exact) mass is 289 g/mol. The molecule has 1 heterocycles. The molecule has 0 atom stereocenters. The summed E-state index contributed by atoms with van der Waals surface area (Å²) in [4.78, 5) is 7.18. The van der Waals surface area contributed by atoms with E-state index >= 15 is 0 Å². The molecule has 1 aromatic rings. The van der Waals surface area contributed by atoms with Gasteiger partial charge in [-0.25, -0.2) is 4.98 Å². The quantitative estimate of drug-likeness (QED) is 0.735. The normalized spacial score (nSPS) is 11.5. The van der Waals surface area contributed by atoms with Gasteiger partial charge in [0.2, 0.25) is 0 Å². The predicted molar refractivity (Wildman–Crippen MR) is 92.9 cm³/mol. The number of nitrogens with zero attached hydrogens (tertiary/aromatic N) is 2. The average molecular weight is 289 g/mol. The van der Waals surface area contributed by atoms with Crippen LogP contribution in [0.4, 0.5) is 5.82 Å². The highest BCUT2D eigenvalue weighted by Crippen LogP contribution is 2.24. The number of anilines is 1. The summed E-state index contributed by atoms with van der Waals surface area (Å²) in [5.41, 5.74) is 2.52. The van der Waals surface area contributed by atoms with Crippen LogP contribution in [0.1, 0.15) is 52.3 Å². The summed E-state index contributed by atoms with van der Waals surface area (Å²) in [5, 5.41) is 3.40. The second-order valence-electron chi connectivity index (χ2n) is 6.43. The largest absolute Gasteiger partial charge is 0.348 e. The first-order chi connectivity index (χ1) is 9.92. The minimum Gasteiger partial charge on any atom is -0.348 e. The average Bonchev–Trinajstić information content (AvgIpc) is 2.41. The van der Waals surface area contributed by atoms with E-state index in [-0.39, 0.29) is 5.54 Å². The van der Waals surface area contributed by atoms with Crippen LogP contribution in [0.3, 0.4) is 0 Å². The lowest BCUT2D eigenvalue weighted by molar-refractivity contribution is 0.516. The number of hydrogen-bond donors (Lipinski definition) is 1. The molecule has 1 N–H and O–H groups in total. The van der Waals surface area contributed by atoms with Crippen LogP contribution in [0.2, 0.25) is 0 Å². The Morgan fingerprint density at radius 1 is 1.29 bits per heavy atom. The first-order valence-electron chi connectivity index (χ1n) is 8.01. The second-order valence-corrected chi connectivity index (χ2v) is 6.43. The van der Waals surface area contributed by atoms with Gasteiger partial charge in [-0.15, -0.1) is 6.58 Å². The van der Waals surface area contributed by atoms with Crippen LogP contribution in [0, 0.1) is 0 Å². The summed E-state index contributed by atoms with van der Waals surface area (Å²) in [5.74, 6) is 1.06. The minimum atomic E-state index is 0.0292. The van der Waals surface area contributed by atoms with Crippen molar-refractivity contribution in [1.29, 1.82) is 0 Å². The van der Waals surface area contributed by atoms with Crippen LogP contribution < -0.4 is 10.2 Å². The van der Waals surface area contributed by atoms with Gasteiger partial charge in [0.1, 0.15) is 5.82 Å². The fraction of sp³-hybridized carbons (Fsp3) is 0.611. The molecule has 0 saturated heterocycles. The highest BCUT2D eigenvalue weighted by atomic mass is 15.2. The van der Waals surface area contributed by atoms with E-state index in [1.165, 1.54) is 11.3 Å². The summed E-state index contributed by atoms with van der Waals surface area (Å²) >= 11 is 0. The Balaban J connectivity index is 3.17. The Labute approximate surface area is 130 Å². The van der Waals surface area contributed by atoms with E-state index in [2.05, 4.69) is 63.5 Å². The summed E-state index contributed by atoms with van der Waals surface area (Å²) in [6.45, 7) is 17.6. The van der Waals surface area contributed by atoms with E-state index in [4.69, 9.17) is 4.98 Å². The Kier molecular flexibility index (Phi) is 6.90. The lowest BCUT2D eigenvalue weighted by Gasteiger charge is -2.36. The van der Waals surface area contributed by atoms with E-state index in [9.17, 15) is 0 Å². The zero-order valence-electron chi connectivity index (χ0n) is 14.4. The zero-order chi connectivity index (χ0) is 15.9. The standard InChI is InChI=1S/C18H31N3/c1-7-10-16-12-15(14-19-9-3)13-17(20-16)21(11-8-2)18(4,5)6/h8,12-13,19H,2,7,9-11,14H2,1,3-6H3. The van der Waals surface area contributed by atoms with Crippen molar-refractivity contribution in [3.8, 4) is 0 Å². The number of hydrogen-bond acceptors (Lipinski definition) is 3. The van der Waals surface area contributed by atoms with E-state index in [1.54, 1.807) is 0 Å². The van der Waals surface area contributed by atoms with Gasteiger partial charge in [0.25, 0.3) is 0 Å². The van der Waals surface area contributed by atoms with Gasteiger partial charge in [0.15, 0.2) is 0 Å². The molecule has 0 amide bonds. The van der Waals surface area contributed by atoms with Gasteiger partial charge in [0.05, 0.1) is 0 Å². The molecule has 0 bridgehead atoms. The lowest BCUT2D eigenvalue weighted by Crippen LogP contribution is -2.42. The molecule has 0 aromatic carbocycles. The van der Waals surface area contributed by atoms with Gasteiger partial charge in [-0.2, -0.15) is 0 Å². The maximum absolute atomic E-state index is 4.87. The molecular weight excluding hydrogens is 258 g/mol. The van der Waals surface area contributed by atoms with Gasteiger partial charge in [-0.1, -0.05) is 26.3 Å². The van der Waals surface area contributed by atoms with E-state index < -0.39 is 0 Å². The molecule has 0 spiro atoms. The molecule has 0 saturated carbocycles. The molecule has 0 aliphatic rings. The van der Waals surface area contributed by atoms with Crippen LogP contribution >= 0.6 is 0 Å². The maximum Gasteiger partial charge on any atom is 0.129 e. The lowest BCUT2D eigenvalue weighted by atomic mass is 10.0. The number of pyridine rings is 1. The molecule has 3 nitrogen and oxygen atoms in total. The van der Waals surface area contributed by atoms with Crippen LogP contribution in [0.5, 0.6) is 0 Å². The van der Waals surface area contributed by atoms with Crippen molar-refractivity contribution in [3.05, 3.63) is 36.0 Å². The highest BCUT2D eigenvalue weighted by Gasteiger charge is 2.22. The Bertz CT molecular complexity index is 446.